The number of nitrogens with two attached hydrogens (primary N) is 1. The van der Waals surface area contributed by atoms with Gasteiger partial charge >= 0.3 is 0 Å². The van der Waals surface area contributed by atoms with E-state index in [0.29, 0.717) is 6.04 Å². The van der Waals surface area contributed by atoms with Crippen LogP contribution in [-0.2, 0) is 6.42 Å². The molecule has 19 heavy (non-hydrogen) atoms. The summed E-state index contributed by atoms with van der Waals surface area (Å²) in [6.45, 7) is 4.63. The van der Waals surface area contributed by atoms with Crippen LogP contribution in [0.4, 0.5) is 0 Å². The molecule has 0 bridgehead atoms. The lowest BCUT2D eigenvalue weighted by molar-refractivity contribution is 0.134. The number of piperidine rings is 1. The van der Waals surface area contributed by atoms with E-state index in [1.807, 2.05) is 0 Å². The van der Waals surface area contributed by atoms with Crippen molar-refractivity contribution in [3.8, 4) is 0 Å². The van der Waals surface area contributed by atoms with E-state index in [1.165, 1.54) is 37.8 Å². The third-order valence-corrected chi connectivity index (χ3v) is 4.34. The second kappa shape index (κ2) is 7.66. The van der Waals surface area contributed by atoms with Crippen molar-refractivity contribution in [3.05, 3.63) is 35.9 Å². The average Bonchev–Trinajstić information content (AvgIpc) is 2.47. The molecule has 0 amide bonds. The van der Waals surface area contributed by atoms with Crippen molar-refractivity contribution in [2.45, 2.75) is 57.5 Å². The molecule has 1 saturated heterocycles. The van der Waals surface area contributed by atoms with Gasteiger partial charge in [-0.25, -0.2) is 0 Å². The Hall–Kier alpha value is -0.860. The molecule has 2 nitrogen and oxygen atoms in total. The largest absolute Gasteiger partial charge is 0.327 e. The van der Waals surface area contributed by atoms with E-state index in [9.17, 15) is 0 Å². The van der Waals surface area contributed by atoms with E-state index < -0.39 is 0 Å². The first-order valence-corrected chi connectivity index (χ1v) is 7.83. The van der Waals surface area contributed by atoms with Crippen molar-refractivity contribution in [2.24, 2.45) is 5.73 Å². The van der Waals surface area contributed by atoms with Crippen molar-refractivity contribution in [3.63, 3.8) is 0 Å². The Labute approximate surface area is 118 Å². The minimum absolute atomic E-state index is 0.312. The lowest BCUT2D eigenvalue weighted by Crippen LogP contribution is -2.45. The van der Waals surface area contributed by atoms with E-state index >= 15 is 0 Å². The van der Waals surface area contributed by atoms with Crippen LogP contribution in [0, 0.1) is 0 Å². The molecular weight excluding hydrogens is 232 g/mol. The first-order valence-electron chi connectivity index (χ1n) is 7.83. The molecule has 2 rings (SSSR count). The number of benzene rings is 1. The summed E-state index contributed by atoms with van der Waals surface area (Å²) in [4.78, 5) is 2.62. The molecule has 0 aliphatic carbocycles. The summed E-state index contributed by atoms with van der Waals surface area (Å²) in [5.41, 5.74) is 7.73. The average molecular weight is 260 g/mol. The Morgan fingerprint density at radius 2 is 2.05 bits per heavy atom. The van der Waals surface area contributed by atoms with E-state index in [1.54, 1.807) is 0 Å². The number of rotatable bonds is 6. The van der Waals surface area contributed by atoms with E-state index in [-0.39, 0.29) is 0 Å². The van der Waals surface area contributed by atoms with Gasteiger partial charge in [-0.15, -0.1) is 0 Å². The molecule has 1 aromatic carbocycles. The molecule has 2 heteroatoms. The third-order valence-electron chi connectivity index (χ3n) is 4.34. The lowest BCUT2D eigenvalue weighted by atomic mass is 9.98. The molecule has 1 aliphatic rings. The minimum Gasteiger partial charge on any atom is -0.327 e. The van der Waals surface area contributed by atoms with Gasteiger partial charge < -0.3 is 5.73 Å². The van der Waals surface area contributed by atoms with Gasteiger partial charge in [0.15, 0.2) is 0 Å². The highest BCUT2D eigenvalue weighted by molar-refractivity contribution is 5.14. The zero-order chi connectivity index (χ0) is 13.5. The van der Waals surface area contributed by atoms with Gasteiger partial charge in [0.25, 0.3) is 0 Å². The fourth-order valence-electron chi connectivity index (χ4n) is 3.15. The van der Waals surface area contributed by atoms with E-state index in [2.05, 4.69) is 42.2 Å². The van der Waals surface area contributed by atoms with Gasteiger partial charge in [0.1, 0.15) is 0 Å². The molecule has 106 valence electrons. The number of hydrogen-bond acceptors (Lipinski definition) is 2. The van der Waals surface area contributed by atoms with Gasteiger partial charge in [-0.05, 0) is 44.2 Å². The van der Waals surface area contributed by atoms with Gasteiger partial charge in [0.05, 0.1) is 0 Å². The molecule has 1 aromatic rings. The molecule has 1 heterocycles. The molecule has 2 unspecified atom stereocenters. The standard InChI is InChI=1S/C17H28N2/c1-2-17-10-6-7-13-19(17)14-16(18)12-11-15-8-4-3-5-9-15/h3-5,8-9,16-17H,2,6-7,10-14,18H2,1H3. The lowest BCUT2D eigenvalue weighted by Gasteiger charge is -2.36. The highest BCUT2D eigenvalue weighted by atomic mass is 15.2. The Morgan fingerprint density at radius 1 is 1.26 bits per heavy atom. The second-order valence-corrected chi connectivity index (χ2v) is 5.84. The van der Waals surface area contributed by atoms with E-state index in [4.69, 9.17) is 5.73 Å². The Bertz CT molecular complexity index is 350. The van der Waals surface area contributed by atoms with Crippen molar-refractivity contribution in [1.82, 2.24) is 4.90 Å². The number of aryl methyl sites for hydroxylation is 1. The maximum atomic E-state index is 6.33. The third kappa shape index (κ3) is 4.63. The van der Waals surface area contributed by atoms with Crippen LogP contribution in [0.25, 0.3) is 0 Å². The van der Waals surface area contributed by atoms with Crippen LogP contribution < -0.4 is 5.73 Å². The SMILES string of the molecule is CCC1CCCCN1CC(N)CCc1ccccc1. The topological polar surface area (TPSA) is 29.3 Å². The molecule has 0 aromatic heterocycles. The summed E-state index contributed by atoms with van der Waals surface area (Å²) < 4.78 is 0. The molecule has 0 saturated carbocycles. The Morgan fingerprint density at radius 3 is 2.79 bits per heavy atom. The number of likely N-dealkylation sites (tertiary alicyclic amines) is 1. The fraction of sp³-hybridized carbons (Fsp3) is 0.647. The highest BCUT2D eigenvalue weighted by Crippen LogP contribution is 2.19. The minimum atomic E-state index is 0.312. The molecule has 1 fully saturated rings. The zero-order valence-corrected chi connectivity index (χ0v) is 12.2. The van der Waals surface area contributed by atoms with Crippen LogP contribution in [0.5, 0.6) is 0 Å². The predicted octanol–water partition coefficient (Wildman–Crippen LogP) is 3.21. The van der Waals surface area contributed by atoms with Gasteiger partial charge in [-0.3, -0.25) is 4.90 Å². The maximum absolute atomic E-state index is 6.33. The van der Waals surface area contributed by atoms with E-state index in [0.717, 1.165) is 25.4 Å². The van der Waals surface area contributed by atoms with Crippen LogP contribution in [0.15, 0.2) is 30.3 Å². The maximum Gasteiger partial charge on any atom is 0.0171 e. The number of hydrogen-bond donors (Lipinski definition) is 1. The van der Waals surface area contributed by atoms with Crippen LogP contribution in [-0.4, -0.2) is 30.1 Å². The Kier molecular flexibility index (Phi) is 5.87. The molecule has 2 atom stereocenters. The van der Waals surface area contributed by atoms with Crippen LogP contribution in [0.1, 0.15) is 44.6 Å². The van der Waals surface area contributed by atoms with Crippen LogP contribution >= 0.6 is 0 Å². The monoisotopic (exact) mass is 260 g/mol. The summed E-state index contributed by atoms with van der Waals surface area (Å²) >= 11 is 0. The van der Waals surface area contributed by atoms with Gasteiger partial charge in [0.2, 0.25) is 0 Å². The first kappa shape index (κ1) is 14.5. The second-order valence-electron chi connectivity index (χ2n) is 5.84. The first-order chi connectivity index (χ1) is 9.29. The smallest absolute Gasteiger partial charge is 0.0171 e. The van der Waals surface area contributed by atoms with Gasteiger partial charge in [-0.1, -0.05) is 43.7 Å². The molecular formula is C17H28N2. The van der Waals surface area contributed by atoms with Crippen molar-refractivity contribution in [2.75, 3.05) is 13.1 Å². The van der Waals surface area contributed by atoms with Crippen molar-refractivity contribution in [1.29, 1.82) is 0 Å². The normalized spacial score (nSPS) is 22.3. The summed E-state index contributed by atoms with van der Waals surface area (Å²) in [5, 5.41) is 0. The van der Waals surface area contributed by atoms with Crippen molar-refractivity contribution >= 4 is 0 Å². The van der Waals surface area contributed by atoms with Crippen LogP contribution in [0.3, 0.4) is 0 Å². The molecule has 0 radical (unpaired) electrons. The number of nitrogens with zero attached hydrogens (tertiary/aromatic N) is 1. The van der Waals surface area contributed by atoms with Gasteiger partial charge in [-0.2, -0.15) is 0 Å². The highest BCUT2D eigenvalue weighted by Gasteiger charge is 2.22. The predicted molar refractivity (Wildman–Crippen MR) is 82.2 cm³/mol. The molecule has 2 N–H and O–H groups in total. The summed E-state index contributed by atoms with van der Waals surface area (Å²) in [5.74, 6) is 0. The quantitative estimate of drug-likeness (QED) is 0.851. The van der Waals surface area contributed by atoms with Gasteiger partial charge in [0, 0.05) is 18.6 Å². The summed E-state index contributed by atoms with van der Waals surface area (Å²) in [6.07, 6.45) is 7.58. The summed E-state index contributed by atoms with van der Waals surface area (Å²) in [7, 11) is 0. The zero-order valence-electron chi connectivity index (χ0n) is 12.2. The summed E-state index contributed by atoms with van der Waals surface area (Å²) in [6, 6.07) is 11.8. The van der Waals surface area contributed by atoms with Crippen molar-refractivity contribution < 1.29 is 0 Å². The van der Waals surface area contributed by atoms with Crippen LogP contribution in [0.2, 0.25) is 0 Å². The Balaban J connectivity index is 1.75. The molecule has 0 spiro atoms. The fourth-order valence-corrected chi connectivity index (χ4v) is 3.15. The molecule has 1 aliphatic heterocycles.